The lowest BCUT2D eigenvalue weighted by Gasteiger charge is -2.50. The number of esters is 1. The summed E-state index contributed by atoms with van der Waals surface area (Å²) in [4.78, 5) is 12.2. The lowest BCUT2D eigenvalue weighted by molar-refractivity contribution is -0.0702. The molecule has 1 aliphatic carbocycles. The van der Waals surface area contributed by atoms with E-state index in [0.29, 0.717) is 5.75 Å². The van der Waals surface area contributed by atoms with Crippen molar-refractivity contribution in [2.45, 2.75) is 63.0 Å². The van der Waals surface area contributed by atoms with Crippen molar-refractivity contribution in [3.8, 4) is 5.75 Å². The van der Waals surface area contributed by atoms with Crippen molar-refractivity contribution < 1.29 is 19.0 Å². The summed E-state index contributed by atoms with van der Waals surface area (Å²) in [6, 6.07) is 12.1. The molecule has 0 saturated heterocycles. The number of aliphatic hydroxyl groups is 1. The van der Waals surface area contributed by atoms with Gasteiger partial charge in [0.05, 0.1) is 11.2 Å². The molecule has 0 spiro atoms. The largest absolute Gasteiger partial charge is 0.423 e. The molecule has 1 fully saturated rings. The smallest absolute Gasteiger partial charge is 0.343 e. The molecule has 1 aliphatic rings. The first-order valence-corrected chi connectivity index (χ1v) is 9.82. The molecule has 0 amide bonds. The SMILES string of the molecule is CC(N)C(C)(c1ccc(OC(=O)c2ccc(F)cc2)cc1)C1(O)CCCCC1. The average Bonchev–Trinajstić information content (AvgIpc) is 2.68. The molecule has 3 N–H and O–H groups in total. The monoisotopic (exact) mass is 385 g/mol. The highest BCUT2D eigenvalue weighted by Gasteiger charge is 2.50. The van der Waals surface area contributed by atoms with E-state index in [1.165, 1.54) is 24.3 Å². The molecule has 4 nitrogen and oxygen atoms in total. The molecule has 5 heteroatoms. The fraction of sp³-hybridized carbons (Fsp3) is 0.435. The predicted octanol–water partition coefficient (Wildman–Crippen LogP) is 4.35. The minimum atomic E-state index is -0.855. The van der Waals surface area contributed by atoms with Gasteiger partial charge in [-0.3, -0.25) is 0 Å². The molecule has 2 aromatic carbocycles. The van der Waals surface area contributed by atoms with Gasteiger partial charge in [-0.05, 0) is 61.7 Å². The van der Waals surface area contributed by atoms with Crippen LogP contribution in [0.15, 0.2) is 48.5 Å². The van der Waals surface area contributed by atoms with Gasteiger partial charge in [-0.1, -0.05) is 38.3 Å². The number of rotatable bonds is 5. The molecule has 1 saturated carbocycles. The molecule has 0 radical (unpaired) electrons. The molecule has 2 aromatic rings. The topological polar surface area (TPSA) is 72.5 Å². The zero-order valence-corrected chi connectivity index (χ0v) is 16.5. The van der Waals surface area contributed by atoms with Crippen LogP contribution in [0.3, 0.4) is 0 Å². The standard InChI is InChI=1S/C23H28FNO3/c1-16(25)22(2,23(27)14-4-3-5-15-23)18-8-12-20(13-9-18)28-21(26)17-6-10-19(24)11-7-17/h6-13,16,27H,3-5,14-15,25H2,1-2H3. The summed E-state index contributed by atoms with van der Waals surface area (Å²) in [7, 11) is 0. The van der Waals surface area contributed by atoms with E-state index in [1.54, 1.807) is 12.1 Å². The summed E-state index contributed by atoms with van der Waals surface area (Å²) in [5, 5.41) is 11.4. The van der Waals surface area contributed by atoms with Crippen molar-refractivity contribution in [1.82, 2.24) is 0 Å². The summed E-state index contributed by atoms with van der Waals surface area (Å²) in [6.45, 7) is 3.94. The fourth-order valence-corrected chi connectivity index (χ4v) is 4.23. The van der Waals surface area contributed by atoms with E-state index in [9.17, 15) is 14.3 Å². The van der Waals surface area contributed by atoms with Gasteiger partial charge in [0.1, 0.15) is 11.6 Å². The Hall–Kier alpha value is -2.24. The number of nitrogens with two attached hydrogens (primary N) is 1. The zero-order chi connectivity index (χ0) is 20.4. The van der Waals surface area contributed by atoms with Gasteiger partial charge in [-0.15, -0.1) is 0 Å². The van der Waals surface area contributed by atoms with Crippen molar-refractivity contribution in [3.05, 3.63) is 65.5 Å². The van der Waals surface area contributed by atoms with Crippen LogP contribution in [0.1, 0.15) is 61.9 Å². The van der Waals surface area contributed by atoms with Gasteiger partial charge >= 0.3 is 5.97 Å². The minimum absolute atomic E-state index is 0.247. The van der Waals surface area contributed by atoms with Crippen LogP contribution in [0.2, 0.25) is 0 Å². The Bertz CT molecular complexity index is 811. The second kappa shape index (κ2) is 8.02. The van der Waals surface area contributed by atoms with E-state index < -0.39 is 22.8 Å². The lowest BCUT2D eigenvalue weighted by Crippen LogP contribution is -2.59. The molecule has 0 bridgehead atoms. The molecule has 3 rings (SSSR count). The van der Waals surface area contributed by atoms with Crippen LogP contribution in [0.25, 0.3) is 0 Å². The Morgan fingerprint density at radius 1 is 1.11 bits per heavy atom. The van der Waals surface area contributed by atoms with Gasteiger partial charge in [0.25, 0.3) is 0 Å². The van der Waals surface area contributed by atoms with Crippen LogP contribution >= 0.6 is 0 Å². The highest BCUT2D eigenvalue weighted by atomic mass is 19.1. The summed E-state index contributed by atoms with van der Waals surface area (Å²) in [6.07, 6.45) is 4.58. The summed E-state index contributed by atoms with van der Waals surface area (Å²) in [5.41, 5.74) is 6.09. The Morgan fingerprint density at radius 2 is 1.68 bits per heavy atom. The molecule has 150 valence electrons. The molecule has 0 aromatic heterocycles. The normalized spacial score (nSPS) is 19.5. The predicted molar refractivity (Wildman–Crippen MR) is 107 cm³/mol. The number of hydrogen-bond donors (Lipinski definition) is 2. The molecular weight excluding hydrogens is 357 g/mol. The quantitative estimate of drug-likeness (QED) is 0.593. The maximum atomic E-state index is 13.0. The maximum absolute atomic E-state index is 13.0. The summed E-state index contributed by atoms with van der Waals surface area (Å²) in [5.74, 6) is -0.564. The van der Waals surface area contributed by atoms with Crippen molar-refractivity contribution in [1.29, 1.82) is 0 Å². The molecule has 0 aliphatic heterocycles. The molecular formula is C23H28FNO3. The van der Waals surface area contributed by atoms with E-state index in [2.05, 4.69) is 0 Å². The molecule has 0 heterocycles. The van der Waals surface area contributed by atoms with Crippen LogP contribution in [-0.2, 0) is 5.41 Å². The van der Waals surface area contributed by atoms with E-state index >= 15 is 0 Å². The van der Waals surface area contributed by atoms with Crippen molar-refractivity contribution in [2.24, 2.45) is 5.73 Å². The van der Waals surface area contributed by atoms with E-state index in [0.717, 1.165) is 37.7 Å². The van der Waals surface area contributed by atoms with Gasteiger partial charge in [0.2, 0.25) is 0 Å². The molecule has 2 atom stereocenters. The van der Waals surface area contributed by atoms with Crippen LogP contribution in [0.5, 0.6) is 5.75 Å². The zero-order valence-electron chi connectivity index (χ0n) is 16.5. The highest BCUT2D eigenvalue weighted by Crippen LogP contribution is 2.46. The first-order valence-electron chi connectivity index (χ1n) is 9.82. The van der Waals surface area contributed by atoms with Crippen LogP contribution < -0.4 is 10.5 Å². The summed E-state index contributed by atoms with van der Waals surface area (Å²) < 4.78 is 18.4. The van der Waals surface area contributed by atoms with Gasteiger partial charge in [0, 0.05) is 11.5 Å². The second-order valence-electron chi connectivity index (χ2n) is 8.00. The van der Waals surface area contributed by atoms with E-state index in [4.69, 9.17) is 10.5 Å². The van der Waals surface area contributed by atoms with Gasteiger partial charge in [-0.2, -0.15) is 0 Å². The number of ether oxygens (including phenoxy) is 1. The summed E-state index contributed by atoms with van der Waals surface area (Å²) >= 11 is 0. The Morgan fingerprint density at radius 3 is 2.21 bits per heavy atom. The van der Waals surface area contributed by atoms with Crippen LogP contribution in [0, 0.1) is 5.82 Å². The van der Waals surface area contributed by atoms with Crippen LogP contribution in [0.4, 0.5) is 4.39 Å². The first kappa shape index (κ1) is 20.5. The van der Waals surface area contributed by atoms with Gasteiger partial charge < -0.3 is 15.6 Å². The fourth-order valence-electron chi connectivity index (χ4n) is 4.23. The van der Waals surface area contributed by atoms with Gasteiger partial charge in [-0.25, -0.2) is 9.18 Å². The Labute approximate surface area is 165 Å². The highest BCUT2D eigenvalue weighted by molar-refractivity contribution is 5.90. The van der Waals surface area contributed by atoms with Crippen molar-refractivity contribution >= 4 is 5.97 Å². The number of hydrogen-bond acceptors (Lipinski definition) is 4. The van der Waals surface area contributed by atoms with E-state index in [1.807, 2.05) is 26.0 Å². The van der Waals surface area contributed by atoms with Crippen LogP contribution in [-0.4, -0.2) is 22.7 Å². The number of halogens is 1. The Kier molecular flexibility index (Phi) is 5.87. The first-order chi connectivity index (χ1) is 13.3. The van der Waals surface area contributed by atoms with Gasteiger partial charge in [0.15, 0.2) is 0 Å². The third kappa shape index (κ3) is 3.82. The molecule has 2 unspecified atom stereocenters. The Balaban J connectivity index is 1.81. The average molecular weight is 385 g/mol. The van der Waals surface area contributed by atoms with Crippen molar-refractivity contribution in [3.63, 3.8) is 0 Å². The number of carbonyl (C=O) groups excluding carboxylic acids is 1. The number of benzene rings is 2. The van der Waals surface area contributed by atoms with E-state index in [-0.39, 0.29) is 11.6 Å². The number of carbonyl (C=O) groups is 1. The van der Waals surface area contributed by atoms with Crippen molar-refractivity contribution in [2.75, 3.05) is 0 Å². The third-order valence-corrected chi connectivity index (χ3v) is 6.30. The lowest BCUT2D eigenvalue weighted by atomic mass is 9.60. The maximum Gasteiger partial charge on any atom is 0.343 e. The molecule has 28 heavy (non-hydrogen) atoms. The third-order valence-electron chi connectivity index (χ3n) is 6.30. The minimum Gasteiger partial charge on any atom is -0.423 e. The second-order valence-corrected chi connectivity index (χ2v) is 8.00.